The third kappa shape index (κ3) is 18.1. The van der Waals surface area contributed by atoms with Crippen LogP contribution in [0.25, 0.3) is 33.5 Å². The van der Waals surface area contributed by atoms with E-state index in [1.165, 1.54) is 32.7 Å². The zero-order valence-electron chi connectivity index (χ0n) is 66.2. The average Bonchev–Trinajstić information content (AvgIpc) is 1.57. The van der Waals surface area contributed by atoms with E-state index in [9.17, 15) is 43.0 Å². The van der Waals surface area contributed by atoms with Crippen molar-refractivity contribution in [2.75, 3.05) is 59.5 Å². The smallest absolute Gasteiger partial charge is 0.475 e. The van der Waals surface area contributed by atoms with Crippen LogP contribution in [0.1, 0.15) is 126 Å². The number of aryl methyl sites for hydroxylation is 3. The van der Waals surface area contributed by atoms with Crippen LogP contribution in [-0.4, -0.2) is 244 Å². The molecule has 5 unspecified atom stereocenters. The van der Waals surface area contributed by atoms with Crippen molar-refractivity contribution in [3.05, 3.63) is 61.1 Å². The van der Waals surface area contributed by atoms with E-state index < -0.39 is 177 Å². The Morgan fingerprint density at radius 1 is 0.627 bits per heavy atom. The van der Waals surface area contributed by atoms with Gasteiger partial charge in [-0.15, -0.1) is 0 Å². The predicted octanol–water partition coefficient (Wildman–Crippen LogP) is 8.79. The largest absolute Gasteiger partial charge is 0.480 e. The van der Waals surface area contributed by atoms with Gasteiger partial charge in [-0.05, 0) is 103 Å². The molecule has 7 fully saturated rings. The molecule has 1 amide bonds. The molecule has 0 aromatic carbocycles. The van der Waals surface area contributed by atoms with E-state index in [1.807, 2.05) is 13.8 Å². The number of nitrogens with one attached hydrogen (secondary N) is 2. The molecule has 0 bridgehead atoms. The molecule has 0 saturated carbocycles. The van der Waals surface area contributed by atoms with E-state index >= 15 is 30.7 Å². The molecular weight excluding hydrogens is 1680 g/mol. The number of phosphoric acid groups is 3. The minimum atomic E-state index is -4.78. The van der Waals surface area contributed by atoms with Crippen molar-refractivity contribution in [1.82, 2.24) is 73.9 Å². The van der Waals surface area contributed by atoms with Crippen LogP contribution >= 0.6 is 31.2 Å². The fraction of sp³-hybridized carbons (Fsp3) is 0.677. The molecule has 14 rings (SSSR count). The fourth-order valence-corrected chi connectivity index (χ4v) is 19.0. The molecule has 53 heteroatoms. The number of aliphatic hydroxyl groups excluding tert-OH is 1. The van der Waals surface area contributed by atoms with Gasteiger partial charge in [-0.25, -0.2) is 84.0 Å². The van der Waals surface area contributed by atoms with Crippen LogP contribution < -0.4 is 24.6 Å². The number of ether oxygens (including phenoxy) is 7. The molecule has 7 saturated heterocycles. The lowest BCUT2D eigenvalue weighted by atomic mass is 9.95. The van der Waals surface area contributed by atoms with E-state index in [4.69, 9.17) is 79.0 Å². The number of carbonyl (C=O) groups is 2. The summed E-state index contributed by atoms with van der Waals surface area (Å²) in [6.45, 7) is 24.9. The number of nitrogens with zero attached hydrogens (tertiary/aromatic N) is 13. The number of imidazole rings is 3. The normalized spacial score (nSPS) is 36.3. The van der Waals surface area contributed by atoms with Gasteiger partial charge >= 0.3 is 37.2 Å². The topological polar surface area (TPSA) is 498 Å². The Morgan fingerprint density at radius 2 is 1.01 bits per heavy atom. The Kier molecular flexibility index (Phi) is 26.2. The Balaban J connectivity index is 0.000000154. The van der Waals surface area contributed by atoms with Crippen molar-refractivity contribution in [3.63, 3.8) is 0 Å². The zero-order chi connectivity index (χ0) is 87.0. The second kappa shape index (κ2) is 33.7. The summed E-state index contributed by atoms with van der Waals surface area (Å²) in [6, 6.07) is -1.48. The number of aromatic nitrogens is 12. The highest BCUT2D eigenvalue weighted by Crippen LogP contribution is 2.67. The number of aliphatic carboxylic acids is 1. The highest BCUT2D eigenvalue weighted by atomic mass is 31.2. The maximum Gasteiger partial charge on any atom is 0.475 e. The van der Waals surface area contributed by atoms with Gasteiger partial charge in [-0.2, -0.15) is 15.0 Å². The van der Waals surface area contributed by atoms with Crippen LogP contribution in [0.15, 0.2) is 43.7 Å². The van der Waals surface area contributed by atoms with Crippen LogP contribution in [0.3, 0.4) is 0 Å². The second-order valence-corrected chi connectivity index (χ2v) is 35.5. The molecule has 0 aliphatic carbocycles. The van der Waals surface area contributed by atoms with Gasteiger partial charge in [0.1, 0.15) is 67.5 Å². The standard InChI is InChI=1S/C18H25F2N4O6P.C17H23F2N4O6P.C16H21F2N4O6P.C14H21FN3O9P/c1-6-26-14-12-13(22-11(4)23-14)24(9-21-12)16-17(5,19)15-18(20,29-16)8-28-31(25,30-15)27-7-10(2)3;1-6-25-13-11-12(21-10(4)22-13)23(8-20-11)15-16(5,18)14-17(19,27-15)7-26-30(24,29-14)28-9(2)3;1-5-24-12-10-11(20-9(3)21-12)22(8-19-10)14-15(4,17)13-16(18,27-14)7-26-29(23,28-13)25-6-2;1-7(10(20)21)17-28(24,25)26-6-14(15)11(22)13(3,23)12(27-14)18-5-4-9(19)16-8(18)2/h9-10,15-16H,6-8H2,1-5H3;8-9,14-15H,6-7H2,1-5H3;8,13-14H,5-7H2,1-4H3;4-5,7,11-12,22-23H,2,6H2,1,3H3,(H,16,19)(H,20,21)(H2,17,24,25)/t15-,16+,17+,18+,31?;14-,15+,16+,17+,30?;13-,14+,15+,16+,29?;7?,11-,12+,13+,14+/m0000/s1. The number of amides is 1. The number of halogens is 7. The number of carbonyl (C=O) groups excluding carboxylic acids is 1. The summed E-state index contributed by atoms with van der Waals surface area (Å²) in [6.07, 6.45) is -8.53. The maximum atomic E-state index is 16.0. The summed E-state index contributed by atoms with van der Waals surface area (Å²) in [7, 11) is -17.2. The van der Waals surface area contributed by atoms with Gasteiger partial charge in [0, 0.05) is 12.3 Å². The number of fused-ring (bicyclic) bond motifs is 6. The SMILES string of the molecule is C=C1NC(=O)C=CN1[C@@H]1O[C@](F)(COP(=O)(O)NC(C)C(=O)O)[C@@H](O)[C@@]1(C)O.CCOc1nc(C)nc2c1ncn2[C@@H]1O[C@]2(F)COP(=O)(OC(C)C)O[C@H]2[C@@]1(C)F.CCOc1nc(C)nc2c1ncn2[C@@H]1O[C@]2(F)COP(=O)(OCC(C)C)O[C@H]2[C@@]1(C)F.CCOc1nc(C)nc2c1ncn2[C@@H]1O[C@]2(F)COP(=O)(OCC)O[C@H]2[C@@]1(C)F. The first-order chi connectivity index (χ1) is 54.8. The van der Waals surface area contributed by atoms with Crippen LogP contribution in [0, 0.1) is 26.7 Å². The van der Waals surface area contributed by atoms with Crippen molar-refractivity contribution in [3.8, 4) is 17.6 Å². The predicted molar refractivity (Wildman–Crippen MR) is 388 cm³/mol. The van der Waals surface area contributed by atoms with Gasteiger partial charge in [0.25, 0.3) is 29.3 Å². The van der Waals surface area contributed by atoms with Gasteiger partial charge < -0.3 is 63.6 Å². The third-order valence-corrected chi connectivity index (χ3v) is 24.2. The molecule has 118 heavy (non-hydrogen) atoms. The number of alkyl halides is 7. The molecule has 6 aromatic rings. The first-order valence-corrected chi connectivity index (χ1v) is 42.4. The highest BCUT2D eigenvalue weighted by molar-refractivity contribution is 7.50. The molecule has 0 radical (unpaired) electrons. The van der Waals surface area contributed by atoms with Gasteiger partial charge in [0.05, 0.1) is 58.1 Å². The molecule has 6 aromatic heterocycles. The average molecular weight is 1770 g/mol. The van der Waals surface area contributed by atoms with Crippen molar-refractivity contribution >= 4 is 76.6 Å². The fourth-order valence-electron chi connectivity index (χ4n) is 13.2. The number of hydrogen-bond acceptors (Lipinski definition) is 35. The lowest BCUT2D eigenvalue weighted by Gasteiger charge is -2.36. The van der Waals surface area contributed by atoms with Crippen molar-refractivity contribution in [2.24, 2.45) is 5.92 Å². The number of hydrogen-bond donors (Lipinski definition) is 6. The summed E-state index contributed by atoms with van der Waals surface area (Å²) in [5.74, 6) is -11.5. The van der Waals surface area contributed by atoms with E-state index in [0.29, 0.717) is 37.3 Å². The lowest BCUT2D eigenvalue weighted by molar-refractivity contribution is -0.220. The number of aliphatic hydroxyl groups is 2. The van der Waals surface area contributed by atoms with E-state index in [2.05, 4.69) is 61.3 Å². The Morgan fingerprint density at radius 3 is 1.36 bits per heavy atom. The van der Waals surface area contributed by atoms with Crippen LogP contribution in [0.4, 0.5) is 30.7 Å². The first kappa shape index (κ1) is 91.7. The molecule has 14 heterocycles. The van der Waals surface area contributed by atoms with Gasteiger partial charge in [0.2, 0.25) is 17.6 Å². The number of rotatable bonds is 23. The van der Waals surface area contributed by atoms with E-state index in [0.717, 1.165) is 51.8 Å². The number of carboxylic acids is 1. The summed E-state index contributed by atoms with van der Waals surface area (Å²) >= 11 is 0. The molecule has 656 valence electrons. The summed E-state index contributed by atoms with van der Waals surface area (Å²) in [5.41, 5.74) is -8.22. The molecule has 0 spiro atoms. The Labute approximate surface area is 667 Å². The molecule has 6 N–H and O–H groups in total. The van der Waals surface area contributed by atoms with Crippen LogP contribution in [0.5, 0.6) is 17.6 Å². The van der Waals surface area contributed by atoms with Gasteiger partial charge in [0.15, 0.2) is 93.7 Å². The van der Waals surface area contributed by atoms with E-state index in [-0.39, 0.29) is 76.1 Å². The molecule has 21 atom stereocenters. The second-order valence-electron chi connectivity index (χ2n) is 29.1. The highest BCUT2D eigenvalue weighted by Gasteiger charge is 2.74. The van der Waals surface area contributed by atoms with Gasteiger partial charge in [-0.3, -0.25) is 68.5 Å². The summed E-state index contributed by atoms with van der Waals surface area (Å²) in [5, 5.41) is 33.5. The quantitative estimate of drug-likeness (QED) is 0.0258. The van der Waals surface area contributed by atoms with Crippen molar-refractivity contribution < 1.29 is 157 Å². The van der Waals surface area contributed by atoms with Crippen molar-refractivity contribution in [1.29, 1.82) is 0 Å². The molecule has 8 aliphatic heterocycles. The lowest BCUT2D eigenvalue weighted by Crippen LogP contribution is -2.54. The summed E-state index contributed by atoms with van der Waals surface area (Å²) < 4.78 is 251. The summed E-state index contributed by atoms with van der Waals surface area (Å²) in [4.78, 5) is 70.7. The minimum absolute atomic E-state index is 0.0131. The molecule has 42 nitrogen and oxygen atoms in total. The Bertz CT molecular complexity index is 5000. The van der Waals surface area contributed by atoms with Crippen LogP contribution in [0.2, 0.25) is 0 Å². The number of phosphoric ester groups is 3. The van der Waals surface area contributed by atoms with Crippen LogP contribution in [-0.2, 0) is 92.0 Å². The molecular formula is C65H90F7N15O27P4. The zero-order valence-corrected chi connectivity index (χ0v) is 69.8. The molecule has 8 aliphatic rings. The van der Waals surface area contributed by atoms with Crippen molar-refractivity contribution in [2.45, 2.75) is 218 Å². The third-order valence-electron chi connectivity index (χ3n) is 18.5. The monoisotopic (exact) mass is 1770 g/mol. The number of carboxylic acid groups (broad SMARTS) is 1. The minimum Gasteiger partial charge on any atom is -0.480 e. The Hall–Kier alpha value is -7.02. The van der Waals surface area contributed by atoms with Gasteiger partial charge in [-0.1, -0.05) is 20.4 Å². The first-order valence-electron chi connectivity index (χ1n) is 36.5. The van der Waals surface area contributed by atoms with E-state index in [1.54, 1.807) is 67.4 Å². The maximum absolute atomic E-state index is 16.0.